The lowest BCUT2D eigenvalue weighted by Gasteiger charge is -2.21. The van der Waals surface area contributed by atoms with E-state index < -0.39 is 5.97 Å². The molecule has 0 spiro atoms. The number of benzene rings is 1. The smallest absolute Gasteiger partial charge is 0.323 e. The summed E-state index contributed by atoms with van der Waals surface area (Å²) < 4.78 is 0. The van der Waals surface area contributed by atoms with Crippen molar-refractivity contribution in [3.8, 4) is 0 Å². The molecule has 0 aliphatic heterocycles. The number of amides is 1. The molecular formula is C14H18ClNO3. The zero-order chi connectivity index (χ0) is 14.3. The highest BCUT2D eigenvalue weighted by Gasteiger charge is 2.18. The van der Waals surface area contributed by atoms with Crippen molar-refractivity contribution in [3.63, 3.8) is 0 Å². The van der Waals surface area contributed by atoms with Crippen molar-refractivity contribution in [2.75, 3.05) is 11.4 Å². The molecule has 0 fully saturated rings. The van der Waals surface area contributed by atoms with E-state index in [1.807, 2.05) is 0 Å². The number of hydrogen-bond acceptors (Lipinski definition) is 2. The first kappa shape index (κ1) is 15.5. The number of carbonyl (C=O) groups excluding carboxylic acids is 1. The van der Waals surface area contributed by atoms with Crippen LogP contribution >= 0.6 is 11.6 Å². The third kappa shape index (κ3) is 5.30. The van der Waals surface area contributed by atoms with Crippen LogP contribution in [0.1, 0.15) is 32.6 Å². The molecule has 1 amide bonds. The average molecular weight is 284 g/mol. The molecule has 0 saturated heterocycles. The van der Waals surface area contributed by atoms with Crippen LogP contribution in [-0.4, -0.2) is 23.5 Å². The quantitative estimate of drug-likeness (QED) is 0.781. The maximum absolute atomic E-state index is 12.1. The van der Waals surface area contributed by atoms with Gasteiger partial charge in [0, 0.05) is 17.1 Å². The van der Waals surface area contributed by atoms with Crippen molar-refractivity contribution >= 4 is 29.2 Å². The van der Waals surface area contributed by atoms with Crippen LogP contribution in [-0.2, 0) is 9.59 Å². The van der Waals surface area contributed by atoms with Crippen LogP contribution in [0.4, 0.5) is 5.69 Å². The second kappa shape index (κ2) is 7.79. The SMILES string of the molecule is CCCCCC(=O)N(CC(=O)O)c1ccc(Cl)cc1. The van der Waals surface area contributed by atoms with E-state index >= 15 is 0 Å². The minimum atomic E-state index is -1.03. The number of aliphatic carboxylic acids is 1. The molecule has 0 saturated carbocycles. The zero-order valence-corrected chi connectivity index (χ0v) is 11.7. The maximum atomic E-state index is 12.1. The maximum Gasteiger partial charge on any atom is 0.323 e. The van der Waals surface area contributed by atoms with Crippen LogP contribution in [0.15, 0.2) is 24.3 Å². The van der Waals surface area contributed by atoms with Gasteiger partial charge in [0.05, 0.1) is 0 Å². The van der Waals surface area contributed by atoms with Gasteiger partial charge in [-0.25, -0.2) is 0 Å². The summed E-state index contributed by atoms with van der Waals surface area (Å²) >= 11 is 5.78. The fourth-order valence-electron chi connectivity index (χ4n) is 1.74. The molecule has 0 aromatic heterocycles. The molecule has 1 N–H and O–H groups in total. The van der Waals surface area contributed by atoms with Crippen molar-refractivity contribution < 1.29 is 14.7 Å². The van der Waals surface area contributed by atoms with Crippen molar-refractivity contribution in [1.29, 1.82) is 0 Å². The predicted molar refractivity (Wildman–Crippen MR) is 75.6 cm³/mol. The summed E-state index contributed by atoms with van der Waals surface area (Å²) in [6, 6.07) is 6.60. The average Bonchev–Trinajstić information content (AvgIpc) is 2.37. The second-order valence-corrected chi connectivity index (χ2v) is 4.74. The molecule has 0 heterocycles. The van der Waals surface area contributed by atoms with Crippen LogP contribution in [0.25, 0.3) is 0 Å². The van der Waals surface area contributed by atoms with Gasteiger partial charge in [0.1, 0.15) is 6.54 Å². The Kier molecular flexibility index (Phi) is 6.36. The number of carboxylic acids is 1. The van der Waals surface area contributed by atoms with Crippen molar-refractivity contribution in [2.24, 2.45) is 0 Å². The Bertz CT molecular complexity index is 431. The molecule has 0 aliphatic rings. The summed E-state index contributed by atoms with van der Waals surface area (Å²) in [7, 11) is 0. The predicted octanol–water partition coefficient (Wildman–Crippen LogP) is 3.34. The minimum Gasteiger partial charge on any atom is -0.480 e. The number of rotatable bonds is 7. The third-order valence-electron chi connectivity index (χ3n) is 2.73. The fourth-order valence-corrected chi connectivity index (χ4v) is 1.87. The number of nitrogens with zero attached hydrogens (tertiary/aromatic N) is 1. The van der Waals surface area contributed by atoms with Gasteiger partial charge in [-0.15, -0.1) is 0 Å². The molecule has 5 heteroatoms. The highest BCUT2D eigenvalue weighted by atomic mass is 35.5. The number of anilines is 1. The number of hydrogen-bond donors (Lipinski definition) is 1. The summed E-state index contributed by atoms with van der Waals surface area (Å²) in [5.41, 5.74) is 0.563. The Morgan fingerprint density at radius 2 is 1.84 bits per heavy atom. The lowest BCUT2D eigenvalue weighted by Crippen LogP contribution is -2.35. The van der Waals surface area contributed by atoms with E-state index in [4.69, 9.17) is 16.7 Å². The Morgan fingerprint density at radius 1 is 1.21 bits per heavy atom. The van der Waals surface area contributed by atoms with Gasteiger partial charge in [-0.3, -0.25) is 9.59 Å². The summed E-state index contributed by atoms with van der Waals surface area (Å²) in [6.07, 6.45) is 3.13. The molecular weight excluding hydrogens is 266 g/mol. The van der Waals surface area contributed by atoms with Crippen molar-refractivity contribution in [2.45, 2.75) is 32.6 Å². The first-order valence-corrected chi connectivity index (χ1v) is 6.70. The molecule has 4 nitrogen and oxygen atoms in total. The van der Waals surface area contributed by atoms with Crippen LogP contribution in [0.5, 0.6) is 0 Å². The number of halogens is 1. The summed E-state index contributed by atoms with van der Waals surface area (Å²) in [6.45, 7) is 1.73. The van der Waals surface area contributed by atoms with Gasteiger partial charge >= 0.3 is 5.97 Å². The Labute approximate surface area is 118 Å². The van der Waals surface area contributed by atoms with Crippen LogP contribution < -0.4 is 4.90 Å². The number of unbranched alkanes of at least 4 members (excludes halogenated alkanes) is 2. The summed E-state index contributed by atoms with van der Waals surface area (Å²) in [4.78, 5) is 24.2. The molecule has 0 unspecified atom stereocenters. The third-order valence-corrected chi connectivity index (χ3v) is 2.98. The molecule has 104 valence electrons. The van der Waals surface area contributed by atoms with Crippen LogP contribution in [0.3, 0.4) is 0 Å². The van der Waals surface area contributed by atoms with Gasteiger partial charge in [-0.1, -0.05) is 31.4 Å². The van der Waals surface area contributed by atoms with E-state index in [0.29, 0.717) is 17.1 Å². The Balaban J connectivity index is 2.79. The highest BCUT2D eigenvalue weighted by Crippen LogP contribution is 2.19. The van der Waals surface area contributed by atoms with E-state index in [-0.39, 0.29) is 12.5 Å². The minimum absolute atomic E-state index is 0.168. The van der Waals surface area contributed by atoms with Crippen LogP contribution in [0.2, 0.25) is 5.02 Å². The first-order chi connectivity index (χ1) is 9.04. The van der Waals surface area contributed by atoms with E-state index in [2.05, 4.69) is 6.92 Å². The van der Waals surface area contributed by atoms with Crippen molar-refractivity contribution in [3.05, 3.63) is 29.3 Å². The van der Waals surface area contributed by atoms with Gasteiger partial charge < -0.3 is 10.0 Å². The topological polar surface area (TPSA) is 57.6 Å². The fraction of sp³-hybridized carbons (Fsp3) is 0.429. The normalized spacial score (nSPS) is 10.2. The Morgan fingerprint density at radius 3 is 2.37 bits per heavy atom. The molecule has 0 aliphatic carbocycles. The number of carboxylic acid groups (broad SMARTS) is 1. The molecule has 1 rings (SSSR count). The molecule has 19 heavy (non-hydrogen) atoms. The molecule has 1 aromatic carbocycles. The van der Waals surface area contributed by atoms with E-state index in [1.54, 1.807) is 24.3 Å². The largest absolute Gasteiger partial charge is 0.480 e. The van der Waals surface area contributed by atoms with Gasteiger partial charge in [0.25, 0.3) is 0 Å². The van der Waals surface area contributed by atoms with Crippen LogP contribution in [0, 0.1) is 0 Å². The van der Waals surface area contributed by atoms with Gasteiger partial charge in [-0.2, -0.15) is 0 Å². The summed E-state index contributed by atoms with van der Waals surface area (Å²) in [5, 5.41) is 9.45. The molecule has 1 aromatic rings. The van der Waals surface area contributed by atoms with E-state index in [0.717, 1.165) is 19.3 Å². The molecule has 0 radical (unpaired) electrons. The van der Waals surface area contributed by atoms with E-state index in [1.165, 1.54) is 4.90 Å². The zero-order valence-electron chi connectivity index (χ0n) is 10.9. The second-order valence-electron chi connectivity index (χ2n) is 4.31. The standard InChI is InChI=1S/C14H18ClNO3/c1-2-3-4-5-13(17)16(10-14(18)19)12-8-6-11(15)7-9-12/h6-9H,2-5,10H2,1H3,(H,18,19). The highest BCUT2D eigenvalue weighted by molar-refractivity contribution is 6.30. The lowest BCUT2D eigenvalue weighted by molar-refractivity contribution is -0.136. The lowest BCUT2D eigenvalue weighted by atomic mass is 10.2. The first-order valence-electron chi connectivity index (χ1n) is 6.32. The van der Waals surface area contributed by atoms with Gasteiger partial charge in [-0.05, 0) is 30.7 Å². The molecule has 0 atom stereocenters. The summed E-state index contributed by atoms with van der Waals surface area (Å²) in [5.74, 6) is -1.20. The monoisotopic (exact) mass is 283 g/mol. The van der Waals surface area contributed by atoms with Crippen molar-refractivity contribution in [1.82, 2.24) is 0 Å². The van der Waals surface area contributed by atoms with E-state index in [9.17, 15) is 9.59 Å². The van der Waals surface area contributed by atoms with Gasteiger partial charge in [0.15, 0.2) is 0 Å². The number of carbonyl (C=O) groups is 2. The Hall–Kier alpha value is -1.55. The molecule has 0 bridgehead atoms. The van der Waals surface area contributed by atoms with Gasteiger partial charge in [0.2, 0.25) is 5.91 Å².